The Labute approximate surface area is 149 Å². The zero-order valence-electron chi connectivity index (χ0n) is 14.0. The van der Waals surface area contributed by atoms with Crippen LogP contribution in [0, 0.1) is 10.1 Å². The fourth-order valence-corrected chi connectivity index (χ4v) is 2.35. The maximum Gasteiger partial charge on any atom is 0.363 e. The van der Waals surface area contributed by atoms with E-state index in [1.54, 1.807) is 6.08 Å². The SMILES string of the molecule is CCCOc1ccccc1/C=C1\N=C(c2ccc([N+](=O)[O-])cc2)OC1=O. The van der Waals surface area contributed by atoms with Gasteiger partial charge in [-0.3, -0.25) is 10.1 Å². The van der Waals surface area contributed by atoms with E-state index in [0.29, 0.717) is 17.9 Å². The molecule has 0 unspecified atom stereocenters. The smallest absolute Gasteiger partial charge is 0.363 e. The van der Waals surface area contributed by atoms with Gasteiger partial charge in [0.25, 0.3) is 5.69 Å². The van der Waals surface area contributed by atoms with Crippen LogP contribution in [0.15, 0.2) is 59.2 Å². The first-order valence-corrected chi connectivity index (χ1v) is 8.07. The molecule has 0 atom stereocenters. The number of cyclic esters (lactones) is 1. The molecule has 0 N–H and O–H groups in total. The van der Waals surface area contributed by atoms with E-state index in [0.717, 1.165) is 12.0 Å². The Balaban J connectivity index is 1.88. The summed E-state index contributed by atoms with van der Waals surface area (Å²) >= 11 is 0. The Morgan fingerprint density at radius 1 is 1.19 bits per heavy atom. The van der Waals surface area contributed by atoms with Gasteiger partial charge in [0.05, 0.1) is 11.5 Å². The molecule has 0 spiro atoms. The molecular formula is C19H16N2O5. The van der Waals surface area contributed by atoms with Crippen molar-refractivity contribution in [1.29, 1.82) is 0 Å². The molecular weight excluding hydrogens is 336 g/mol. The van der Waals surface area contributed by atoms with Gasteiger partial charge in [-0.25, -0.2) is 9.79 Å². The topological polar surface area (TPSA) is 91.0 Å². The summed E-state index contributed by atoms with van der Waals surface area (Å²) < 4.78 is 10.9. The fraction of sp³-hybridized carbons (Fsp3) is 0.158. The minimum atomic E-state index is -0.580. The summed E-state index contributed by atoms with van der Waals surface area (Å²) in [6.45, 7) is 2.58. The monoisotopic (exact) mass is 352 g/mol. The molecule has 0 aromatic heterocycles. The first-order valence-electron chi connectivity index (χ1n) is 8.07. The van der Waals surface area contributed by atoms with Gasteiger partial charge >= 0.3 is 5.97 Å². The third-order valence-corrected chi connectivity index (χ3v) is 3.62. The van der Waals surface area contributed by atoms with Gasteiger partial charge in [0.1, 0.15) is 5.75 Å². The van der Waals surface area contributed by atoms with Crippen molar-refractivity contribution >= 4 is 23.6 Å². The van der Waals surface area contributed by atoms with Crippen molar-refractivity contribution in [3.63, 3.8) is 0 Å². The lowest BCUT2D eigenvalue weighted by atomic mass is 10.1. The van der Waals surface area contributed by atoms with Crippen LogP contribution in [0.25, 0.3) is 6.08 Å². The molecule has 132 valence electrons. The third kappa shape index (κ3) is 3.77. The van der Waals surface area contributed by atoms with E-state index in [1.165, 1.54) is 24.3 Å². The van der Waals surface area contributed by atoms with Crippen molar-refractivity contribution in [2.75, 3.05) is 6.61 Å². The lowest BCUT2D eigenvalue weighted by Gasteiger charge is -2.07. The minimum absolute atomic E-state index is 0.0450. The average Bonchev–Trinajstić information content (AvgIpc) is 3.01. The van der Waals surface area contributed by atoms with Gasteiger partial charge in [-0.2, -0.15) is 0 Å². The fourth-order valence-electron chi connectivity index (χ4n) is 2.35. The van der Waals surface area contributed by atoms with Crippen molar-refractivity contribution in [2.24, 2.45) is 4.99 Å². The summed E-state index contributed by atoms with van der Waals surface area (Å²) in [6, 6.07) is 13.0. The summed E-state index contributed by atoms with van der Waals surface area (Å²) in [7, 11) is 0. The second-order valence-corrected chi connectivity index (χ2v) is 5.53. The Morgan fingerprint density at radius 3 is 2.62 bits per heavy atom. The number of aliphatic imine (C=N–C) groups is 1. The predicted molar refractivity (Wildman–Crippen MR) is 95.9 cm³/mol. The molecule has 2 aromatic carbocycles. The van der Waals surface area contributed by atoms with Crippen LogP contribution in [0.5, 0.6) is 5.75 Å². The molecule has 0 radical (unpaired) electrons. The highest BCUT2D eigenvalue weighted by Gasteiger charge is 2.25. The van der Waals surface area contributed by atoms with Crippen LogP contribution in [-0.2, 0) is 9.53 Å². The maximum atomic E-state index is 12.1. The van der Waals surface area contributed by atoms with E-state index < -0.39 is 10.9 Å². The largest absolute Gasteiger partial charge is 0.493 e. The first kappa shape index (κ1) is 17.3. The number of hydrogen-bond donors (Lipinski definition) is 0. The Bertz CT molecular complexity index is 900. The lowest BCUT2D eigenvalue weighted by Crippen LogP contribution is -2.05. The second kappa shape index (κ2) is 7.60. The predicted octanol–water partition coefficient (Wildman–Crippen LogP) is 3.73. The Hall–Kier alpha value is -3.48. The highest BCUT2D eigenvalue weighted by atomic mass is 16.6. The molecule has 1 aliphatic rings. The second-order valence-electron chi connectivity index (χ2n) is 5.53. The van der Waals surface area contributed by atoms with Gasteiger partial charge in [-0.15, -0.1) is 0 Å². The number of benzene rings is 2. The van der Waals surface area contributed by atoms with Gasteiger partial charge < -0.3 is 9.47 Å². The number of esters is 1. The van der Waals surface area contributed by atoms with E-state index in [-0.39, 0.29) is 17.3 Å². The molecule has 0 amide bonds. The zero-order valence-corrected chi connectivity index (χ0v) is 14.0. The molecule has 0 fully saturated rings. The third-order valence-electron chi connectivity index (χ3n) is 3.62. The minimum Gasteiger partial charge on any atom is -0.493 e. The van der Waals surface area contributed by atoms with Crippen molar-refractivity contribution in [3.05, 3.63) is 75.5 Å². The average molecular weight is 352 g/mol. The standard InChI is InChI=1S/C19H16N2O5/c1-2-11-25-17-6-4-3-5-14(17)12-16-19(22)26-18(20-16)13-7-9-15(10-8-13)21(23)24/h3-10,12H,2,11H2,1H3/b16-12-. The normalized spacial score (nSPS) is 14.9. The van der Waals surface area contributed by atoms with Crippen molar-refractivity contribution in [2.45, 2.75) is 13.3 Å². The van der Waals surface area contributed by atoms with Crippen LogP contribution >= 0.6 is 0 Å². The van der Waals surface area contributed by atoms with Crippen LogP contribution in [-0.4, -0.2) is 23.4 Å². The van der Waals surface area contributed by atoms with E-state index in [2.05, 4.69) is 4.99 Å². The quantitative estimate of drug-likeness (QED) is 0.342. The van der Waals surface area contributed by atoms with E-state index in [9.17, 15) is 14.9 Å². The molecule has 0 saturated heterocycles. The van der Waals surface area contributed by atoms with Gasteiger partial charge in [0.2, 0.25) is 5.90 Å². The van der Waals surface area contributed by atoms with Crippen LogP contribution in [0.2, 0.25) is 0 Å². The highest BCUT2D eigenvalue weighted by molar-refractivity contribution is 6.13. The number of para-hydroxylation sites is 1. The first-order chi connectivity index (χ1) is 12.6. The van der Waals surface area contributed by atoms with Crippen LogP contribution in [0.4, 0.5) is 5.69 Å². The van der Waals surface area contributed by atoms with Gasteiger partial charge in [0, 0.05) is 23.3 Å². The summed E-state index contributed by atoms with van der Waals surface area (Å²) in [5.74, 6) is 0.195. The molecule has 0 aliphatic carbocycles. The number of nitro benzene ring substituents is 1. The van der Waals surface area contributed by atoms with Gasteiger partial charge in [-0.05, 0) is 30.7 Å². The highest BCUT2D eigenvalue weighted by Crippen LogP contribution is 2.25. The summed E-state index contributed by atoms with van der Waals surface area (Å²) in [5.41, 5.74) is 1.31. The van der Waals surface area contributed by atoms with Crippen molar-refractivity contribution in [3.8, 4) is 5.75 Å². The van der Waals surface area contributed by atoms with E-state index in [4.69, 9.17) is 9.47 Å². The Morgan fingerprint density at radius 2 is 1.92 bits per heavy atom. The van der Waals surface area contributed by atoms with Gasteiger partial charge in [-0.1, -0.05) is 25.1 Å². The number of hydrogen-bond acceptors (Lipinski definition) is 6. The number of nitro groups is 1. The van der Waals surface area contributed by atoms with Crippen LogP contribution in [0.3, 0.4) is 0 Å². The number of carbonyl (C=O) groups excluding carboxylic acids is 1. The molecule has 0 saturated carbocycles. The van der Waals surface area contributed by atoms with E-state index in [1.807, 2.05) is 31.2 Å². The number of rotatable bonds is 6. The lowest BCUT2D eigenvalue weighted by molar-refractivity contribution is -0.384. The summed E-state index contributed by atoms with van der Waals surface area (Å²) in [4.78, 5) is 26.5. The Kier molecular flexibility index (Phi) is 5.07. The molecule has 26 heavy (non-hydrogen) atoms. The van der Waals surface area contributed by atoms with Crippen molar-refractivity contribution in [1.82, 2.24) is 0 Å². The molecule has 0 bridgehead atoms. The zero-order chi connectivity index (χ0) is 18.5. The molecule has 7 heteroatoms. The number of nitrogens with zero attached hydrogens (tertiary/aromatic N) is 2. The summed E-state index contributed by atoms with van der Waals surface area (Å²) in [6.07, 6.45) is 2.47. The maximum absolute atomic E-state index is 12.1. The van der Waals surface area contributed by atoms with Crippen LogP contribution in [0.1, 0.15) is 24.5 Å². The van der Waals surface area contributed by atoms with Crippen LogP contribution < -0.4 is 4.74 Å². The molecule has 1 heterocycles. The van der Waals surface area contributed by atoms with E-state index >= 15 is 0 Å². The number of non-ortho nitro benzene ring substituents is 1. The van der Waals surface area contributed by atoms with Crippen molar-refractivity contribution < 1.29 is 19.2 Å². The number of carbonyl (C=O) groups is 1. The molecule has 1 aliphatic heterocycles. The molecule has 2 aromatic rings. The molecule has 3 rings (SSSR count). The summed E-state index contributed by atoms with van der Waals surface area (Å²) in [5, 5.41) is 10.7. The molecule has 7 nitrogen and oxygen atoms in total. The van der Waals surface area contributed by atoms with Gasteiger partial charge in [0.15, 0.2) is 5.70 Å². The number of ether oxygens (including phenoxy) is 2.